The number of ether oxygens (including phenoxy) is 2. The Morgan fingerprint density at radius 2 is 1.64 bits per heavy atom. The minimum absolute atomic E-state index is 0.0838. The molecule has 0 saturated heterocycles. The van der Waals surface area contributed by atoms with Gasteiger partial charge in [-0.05, 0) is 43.7 Å². The average molecular weight is 360 g/mol. The van der Waals surface area contributed by atoms with Crippen molar-refractivity contribution in [2.24, 2.45) is 0 Å². The zero-order valence-corrected chi connectivity index (χ0v) is 15.0. The van der Waals surface area contributed by atoms with Crippen molar-refractivity contribution in [1.82, 2.24) is 0 Å². The van der Waals surface area contributed by atoms with Gasteiger partial charge in [-0.15, -0.1) is 0 Å². The summed E-state index contributed by atoms with van der Waals surface area (Å²) in [5.41, 5.74) is 1.25. The van der Waals surface area contributed by atoms with E-state index in [1.165, 1.54) is 12.1 Å². The molecule has 0 aliphatic rings. The largest absolute Gasteiger partial charge is 0.490 e. The summed E-state index contributed by atoms with van der Waals surface area (Å²) in [5, 5.41) is 8.67. The van der Waals surface area contributed by atoms with Crippen LogP contribution in [0.5, 0.6) is 11.5 Å². The van der Waals surface area contributed by atoms with E-state index in [-0.39, 0.29) is 11.3 Å². The van der Waals surface area contributed by atoms with Crippen molar-refractivity contribution < 1.29 is 17.9 Å². The molecule has 0 aromatic heterocycles. The monoisotopic (exact) mass is 360 g/mol. The molecule has 0 spiro atoms. The van der Waals surface area contributed by atoms with E-state index in [4.69, 9.17) is 14.7 Å². The first-order chi connectivity index (χ1) is 12.0. The molecule has 0 amide bonds. The Morgan fingerprint density at radius 3 is 2.24 bits per heavy atom. The summed E-state index contributed by atoms with van der Waals surface area (Å²) in [5.74, 6) is 0.890. The molecule has 6 nitrogen and oxygen atoms in total. The molecule has 0 fully saturated rings. The van der Waals surface area contributed by atoms with Crippen LogP contribution in [-0.4, -0.2) is 21.6 Å². The maximum absolute atomic E-state index is 12.6. The predicted octanol–water partition coefficient (Wildman–Crippen LogP) is 3.35. The third-order valence-electron chi connectivity index (χ3n) is 3.31. The van der Waals surface area contributed by atoms with Crippen molar-refractivity contribution in [2.45, 2.75) is 25.2 Å². The number of hydrogen-bond acceptors (Lipinski definition) is 5. The molecule has 2 aromatic rings. The van der Waals surface area contributed by atoms with Crippen molar-refractivity contribution in [3.05, 3.63) is 48.0 Å². The van der Waals surface area contributed by atoms with E-state index >= 15 is 0 Å². The number of benzene rings is 2. The lowest BCUT2D eigenvalue weighted by Crippen LogP contribution is -2.13. The normalized spacial score (nSPS) is 10.8. The Hall–Kier alpha value is -2.72. The molecule has 2 aromatic carbocycles. The van der Waals surface area contributed by atoms with Crippen molar-refractivity contribution >= 4 is 15.7 Å². The molecule has 0 saturated carbocycles. The van der Waals surface area contributed by atoms with Crippen LogP contribution in [0.2, 0.25) is 0 Å². The summed E-state index contributed by atoms with van der Waals surface area (Å²) >= 11 is 0. The fraction of sp³-hybridized carbons (Fsp3) is 0.278. The summed E-state index contributed by atoms with van der Waals surface area (Å²) in [6, 6.07) is 13.2. The maximum Gasteiger partial charge on any atom is 0.262 e. The third kappa shape index (κ3) is 4.88. The minimum Gasteiger partial charge on any atom is -0.490 e. The van der Waals surface area contributed by atoms with E-state index in [1.807, 2.05) is 19.9 Å². The summed E-state index contributed by atoms with van der Waals surface area (Å²) in [6.45, 7) is 4.52. The highest BCUT2D eigenvalue weighted by Crippen LogP contribution is 2.31. The average Bonchev–Trinajstić information content (AvgIpc) is 2.58. The van der Waals surface area contributed by atoms with E-state index in [1.54, 1.807) is 30.3 Å². The molecule has 0 aliphatic heterocycles. The Kier molecular flexibility index (Phi) is 6.25. The molecule has 0 atom stereocenters. The summed E-state index contributed by atoms with van der Waals surface area (Å²) < 4.78 is 38.6. The fourth-order valence-corrected chi connectivity index (χ4v) is 3.27. The Balaban J connectivity index is 2.26. The SMILES string of the molecule is CCOc1ccc(S(=O)(=O)Nc2ccc(CC#N)cc2)cc1OCC. The Labute approximate surface area is 148 Å². The van der Waals surface area contributed by atoms with Gasteiger partial charge in [0.25, 0.3) is 10.0 Å². The highest BCUT2D eigenvalue weighted by atomic mass is 32.2. The van der Waals surface area contributed by atoms with Crippen LogP contribution in [0.15, 0.2) is 47.4 Å². The molecule has 1 N–H and O–H groups in total. The molecule has 0 aliphatic carbocycles. The first-order valence-electron chi connectivity index (χ1n) is 7.88. The van der Waals surface area contributed by atoms with E-state index in [0.29, 0.717) is 30.4 Å². The smallest absolute Gasteiger partial charge is 0.262 e. The number of nitrogens with zero attached hydrogens (tertiary/aromatic N) is 1. The molecule has 0 radical (unpaired) electrons. The van der Waals surface area contributed by atoms with Gasteiger partial charge in [0.05, 0.1) is 30.6 Å². The van der Waals surface area contributed by atoms with Gasteiger partial charge in [0.1, 0.15) is 0 Å². The van der Waals surface area contributed by atoms with Crippen LogP contribution in [-0.2, 0) is 16.4 Å². The van der Waals surface area contributed by atoms with Gasteiger partial charge in [0, 0.05) is 11.8 Å². The lowest BCUT2D eigenvalue weighted by molar-refractivity contribution is 0.287. The van der Waals surface area contributed by atoms with Crippen LogP contribution in [0.1, 0.15) is 19.4 Å². The summed E-state index contributed by atoms with van der Waals surface area (Å²) in [7, 11) is -3.76. The Morgan fingerprint density at radius 1 is 1.00 bits per heavy atom. The predicted molar refractivity (Wildman–Crippen MR) is 95.3 cm³/mol. The van der Waals surface area contributed by atoms with Crippen molar-refractivity contribution in [1.29, 1.82) is 5.26 Å². The van der Waals surface area contributed by atoms with Crippen molar-refractivity contribution in [3.63, 3.8) is 0 Å². The quantitative estimate of drug-likeness (QED) is 0.780. The molecule has 2 rings (SSSR count). The minimum atomic E-state index is -3.76. The van der Waals surface area contributed by atoms with Crippen LogP contribution in [0.4, 0.5) is 5.69 Å². The highest BCUT2D eigenvalue weighted by molar-refractivity contribution is 7.92. The van der Waals surface area contributed by atoms with Gasteiger partial charge in [-0.1, -0.05) is 12.1 Å². The van der Waals surface area contributed by atoms with E-state index < -0.39 is 10.0 Å². The highest BCUT2D eigenvalue weighted by Gasteiger charge is 2.17. The van der Waals surface area contributed by atoms with Crippen LogP contribution in [0, 0.1) is 11.3 Å². The molecule has 7 heteroatoms. The molecule has 132 valence electrons. The summed E-state index contributed by atoms with van der Waals surface area (Å²) in [6.07, 6.45) is 0.281. The maximum atomic E-state index is 12.6. The number of rotatable bonds is 8. The van der Waals surface area contributed by atoms with Gasteiger partial charge >= 0.3 is 0 Å². The van der Waals surface area contributed by atoms with Gasteiger partial charge in [0.15, 0.2) is 11.5 Å². The van der Waals surface area contributed by atoms with E-state index in [0.717, 1.165) is 5.56 Å². The number of anilines is 1. The molecule has 25 heavy (non-hydrogen) atoms. The molecular weight excluding hydrogens is 340 g/mol. The number of sulfonamides is 1. The van der Waals surface area contributed by atoms with Gasteiger partial charge < -0.3 is 9.47 Å². The first-order valence-corrected chi connectivity index (χ1v) is 9.36. The zero-order chi connectivity index (χ0) is 18.3. The molecular formula is C18H20N2O4S. The Bertz CT molecular complexity index is 856. The standard InChI is InChI=1S/C18H20N2O4S/c1-3-23-17-10-9-16(13-18(17)24-4-2)25(21,22)20-15-7-5-14(6-8-15)11-12-19/h5-10,13,20H,3-4,11H2,1-2H3. The first kappa shape index (κ1) is 18.6. The topological polar surface area (TPSA) is 88.4 Å². The third-order valence-corrected chi connectivity index (χ3v) is 4.69. The van der Waals surface area contributed by atoms with Gasteiger partial charge in [-0.2, -0.15) is 5.26 Å². The van der Waals surface area contributed by atoms with Crippen LogP contribution in [0.25, 0.3) is 0 Å². The molecule has 0 heterocycles. The second-order valence-corrected chi connectivity index (χ2v) is 6.79. The lowest BCUT2D eigenvalue weighted by Gasteiger charge is -2.13. The van der Waals surface area contributed by atoms with Gasteiger partial charge in [-0.3, -0.25) is 4.72 Å². The van der Waals surface area contributed by atoms with E-state index in [9.17, 15) is 8.42 Å². The van der Waals surface area contributed by atoms with Crippen LogP contribution < -0.4 is 14.2 Å². The zero-order valence-electron chi connectivity index (χ0n) is 14.2. The lowest BCUT2D eigenvalue weighted by atomic mass is 10.1. The van der Waals surface area contributed by atoms with Gasteiger partial charge in [0.2, 0.25) is 0 Å². The van der Waals surface area contributed by atoms with Crippen LogP contribution in [0.3, 0.4) is 0 Å². The van der Waals surface area contributed by atoms with Gasteiger partial charge in [-0.25, -0.2) is 8.42 Å². The van der Waals surface area contributed by atoms with Crippen LogP contribution >= 0.6 is 0 Å². The fourth-order valence-electron chi connectivity index (χ4n) is 2.19. The van der Waals surface area contributed by atoms with Crippen molar-refractivity contribution in [3.8, 4) is 17.6 Å². The number of nitriles is 1. The molecule has 0 unspecified atom stereocenters. The summed E-state index contributed by atoms with van der Waals surface area (Å²) in [4.78, 5) is 0.0838. The van der Waals surface area contributed by atoms with Crippen molar-refractivity contribution in [2.75, 3.05) is 17.9 Å². The number of nitrogens with one attached hydrogen (secondary N) is 1. The number of hydrogen-bond donors (Lipinski definition) is 1. The second kappa shape index (κ2) is 8.40. The second-order valence-electron chi connectivity index (χ2n) is 5.11. The van der Waals surface area contributed by atoms with E-state index in [2.05, 4.69) is 4.72 Å². The molecule has 0 bridgehead atoms.